The standard InChI is InChI=1S/C20H40N2O2/c1-16(23-19(2,3)4)14-21-8-10-22(11-9-21)15-17-12-18(13-17)24-20(5,6)7/h16-18H,8-15H2,1-7H3. The summed E-state index contributed by atoms with van der Waals surface area (Å²) < 4.78 is 12.1. The fraction of sp³-hybridized carbons (Fsp3) is 1.00. The fourth-order valence-electron chi connectivity index (χ4n) is 3.94. The van der Waals surface area contributed by atoms with E-state index in [9.17, 15) is 0 Å². The van der Waals surface area contributed by atoms with E-state index in [1.165, 1.54) is 45.6 Å². The Balaban J connectivity index is 1.59. The van der Waals surface area contributed by atoms with Crippen molar-refractivity contribution in [3.05, 3.63) is 0 Å². The van der Waals surface area contributed by atoms with Gasteiger partial charge in [0.1, 0.15) is 0 Å². The van der Waals surface area contributed by atoms with E-state index >= 15 is 0 Å². The van der Waals surface area contributed by atoms with Gasteiger partial charge in [-0.15, -0.1) is 0 Å². The number of hydrogen-bond donors (Lipinski definition) is 0. The van der Waals surface area contributed by atoms with Crippen LogP contribution < -0.4 is 0 Å². The SMILES string of the molecule is CC(CN1CCN(CC2CC(OC(C)(C)C)C2)CC1)OC(C)(C)C. The number of hydrogen-bond acceptors (Lipinski definition) is 4. The molecule has 2 fully saturated rings. The summed E-state index contributed by atoms with van der Waals surface area (Å²) in [6, 6.07) is 0. The highest BCUT2D eigenvalue weighted by atomic mass is 16.5. The Morgan fingerprint density at radius 1 is 0.875 bits per heavy atom. The smallest absolute Gasteiger partial charge is 0.0681 e. The third kappa shape index (κ3) is 7.38. The summed E-state index contributed by atoms with van der Waals surface area (Å²) in [5.74, 6) is 0.840. The Hall–Kier alpha value is -0.160. The zero-order valence-electron chi connectivity index (χ0n) is 17.1. The summed E-state index contributed by atoms with van der Waals surface area (Å²) in [6.07, 6.45) is 3.28. The highest BCUT2D eigenvalue weighted by Gasteiger charge is 2.34. The first kappa shape index (κ1) is 20.2. The molecule has 0 spiro atoms. The summed E-state index contributed by atoms with van der Waals surface area (Å²) in [4.78, 5) is 5.20. The maximum Gasteiger partial charge on any atom is 0.0681 e. The van der Waals surface area contributed by atoms with Crippen molar-refractivity contribution in [2.45, 2.75) is 84.7 Å². The molecular formula is C20H40N2O2. The lowest BCUT2D eigenvalue weighted by Crippen LogP contribution is -2.51. The molecule has 1 unspecified atom stereocenters. The van der Waals surface area contributed by atoms with Gasteiger partial charge >= 0.3 is 0 Å². The molecule has 1 saturated heterocycles. The Morgan fingerprint density at radius 2 is 1.42 bits per heavy atom. The molecule has 1 saturated carbocycles. The minimum atomic E-state index is -0.0445. The molecule has 0 aromatic rings. The largest absolute Gasteiger partial charge is 0.373 e. The van der Waals surface area contributed by atoms with Crippen LogP contribution in [0, 0.1) is 5.92 Å². The highest BCUT2D eigenvalue weighted by molar-refractivity contribution is 4.86. The zero-order valence-corrected chi connectivity index (χ0v) is 17.1. The van der Waals surface area contributed by atoms with Gasteiger partial charge in [0, 0.05) is 39.3 Å². The van der Waals surface area contributed by atoms with E-state index in [2.05, 4.69) is 58.3 Å². The maximum atomic E-state index is 6.05. The lowest BCUT2D eigenvalue weighted by molar-refractivity contribution is -0.116. The van der Waals surface area contributed by atoms with Crippen LogP contribution in [-0.2, 0) is 9.47 Å². The zero-order chi connectivity index (χ0) is 18.0. The number of ether oxygens (including phenoxy) is 2. The van der Waals surface area contributed by atoms with Crippen molar-refractivity contribution in [2.75, 3.05) is 39.3 Å². The maximum absolute atomic E-state index is 6.05. The van der Waals surface area contributed by atoms with Crippen LogP contribution in [0.2, 0.25) is 0 Å². The molecule has 2 rings (SSSR count). The van der Waals surface area contributed by atoms with Gasteiger partial charge in [0.25, 0.3) is 0 Å². The van der Waals surface area contributed by atoms with E-state index in [0.29, 0.717) is 12.2 Å². The average Bonchev–Trinajstić information content (AvgIpc) is 2.34. The first-order valence-corrected chi connectivity index (χ1v) is 9.80. The number of rotatable bonds is 6. The molecule has 0 aromatic carbocycles. The summed E-state index contributed by atoms with van der Waals surface area (Å²) in [5, 5.41) is 0. The second kappa shape index (κ2) is 8.03. The second-order valence-electron chi connectivity index (χ2n) is 9.83. The molecule has 0 amide bonds. The van der Waals surface area contributed by atoms with E-state index < -0.39 is 0 Å². The fourth-order valence-corrected chi connectivity index (χ4v) is 3.94. The van der Waals surface area contributed by atoms with Crippen molar-refractivity contribution in [2.24, 2.45) is 5.92 Å². The lowest BCUT2D eigenvalue weighted by atomic mass is 9.81. The number of piperazine rings is 1. The van der Waals surface area contributed by atoms with Crippen LogP contribution in [0.5, 0.6) is 0 Å². The molecule has 0 bridgehead atoms. The van der Waals surface area contributed by atoms with E-state index in [1.54, 1.807) is 0 Å². The van der Waals surface area contributed by atoms with E-state index in [0.717, 1.165) is 12.5 Å². The summed E-state index contributed by atoms with van der Waals surface area (Å²) in [5.41, 5.74) is -0.0375. The molecule has 24 heavy (non-hydrogen) atoms. The van der Waals surface area contributed by atoms with E-state index in [4.69, 9.17) is 9.47 Å². The highest BCUT2D eigenvalue weighted by Crippen LogP contribution is 2.33. The molecule has 1 atom stereocenters. The third-order valence-corrected chi connectivity index (χ3v) is 4.76. The molecule has 142 valence electrons. The minimum absolute atomic E-state index is 0.00703. The first-order valence-electron chi connectivity index (χ1n) is 9.80. The third-order valence-electron chi connectivity index (χ3n) is 4.76. The molecule has 0 aromatic heterocycles. The molecule has 1 aliphatic heterocycles. The Kier molecular flexibility index (Phi) is 6.74. The van der Waals surface area contributed by atoms with Gasteiger partial charge in [0.15, 0.2) is 0 Å². The minimum Gasteiger partial charge on any atom is -0.373 e. The first-order chi connectivity index (χ1) is 11.0. The van der Waals surface area contributed by atoms with Gasteiger partial charge in [0.05, 0.1) is 23.4 Å². The van der Waals surface area contributed by atoms with Crippen molar-refractivity contribution in [1.82, 2.24) is 9.80 Å². The van der Waals surface area contributed by atoms with Crippen LogP contribution in [0.15, 0.2) is 0 Å². The topological polar surface area (TPSA) is 24.9 Å². The van der Waals surface area contributed by atoms with Crippen molar-refractivity contribution in [3.63, 3.8) is 0 Å². The molecule has 4 nitrogen and oxygen atoms in total. The van der Waals surface area contributed by atoms with Gasteiger partial charge < -0.3 is 14.4 Å². The quantitative estimate of drug-likeness (QED) is 0.740. The van der Waals surface area contributed by atoms with Gasteiger partial charge in [-0.1, -0.05) is 0 Å². The monoisotopic (exact) mass is 340 g/mol. The predicted octanol–water partition coefficient (Wildman–Crippen LogP) is 3.40. The van der Waals surface area contributed by atoms with Gasteiger partial charge in [-0.3, -0.25) is 4.90 Å². The van der Waals surface area contributed by atoms with Crippen LogP contribution in [0.25, 0.3) is 0 Å². The van der Waals surface area contributed by atoms with E-state index in [-0.39, 0.29) is 11.2 Å². The summed E-state index contributed by atoms with van der Waals surface area (Å²) >= 11 is 0. The van der Waals surface area contributed by atoms with Gasteiger partial charge in [-0.2, -0.15) is 0 Å². The van der Waals surface area contributed by atoms with Gasteiger partial charge in [0.2, 0.25) is 0 Å². The van der Waals surface area contributed by atoms with Gasteiger partial charge in [-0.05, 0) is 67.2 Å². The van der Waals surface area contributed by atoms with Crippen LogP contribution >= 0.6 is 0 Å². The summed E-state index contributed by atoms with van der Waals surface area (Å²) in [7, 11) is 0. The van der Waals surface area contributed by atoms with Gasteiger partial charge in [-0.25, -0.2) is 0 Å². The Bertz CT molecular complexity index is 372. The molecule has 1 heterocycles. The van der Waals surface area contributed by atoms with Crippen LogP contribution in [0.1, 0.15) is 61.3 Å². The summed E-state index contributed by atoms with van der Waals surface area (Å²) in [6.45, 7) is 22.1. The Morgan fingerprint density at radius 3 is 1.92 bits per heavy atom. The van der Waals surface area contributed by atoms with Crippen LogP contribution in [0.3, 0.4) is 0 Å². The van der Waals surface area contributed by atoms with Crippen molar-refractivity contribution < 1.29 is 9.47 Å². The van der Waals surface area contributed by atoms with E-state index in [1.807, 2.05) is 0 Å². The molecule has 0 N–H and O–H groups in total. The van der Waals surface area contributed by atoms with Crippen LogP contribution in [0.4, 0.5) is 0 Å². The lowest BCUT2D eigenvalue weighted by Gasteiger charge is -2.43. The van der Waals surface area contributed by atoms with Crippen molar-refractivity contribution >= 4 is 0 Å². The number of nitrogens with zero attached hydrogens (tertiary/aromatic N) is 2. The second-order valence-corrected chi connectivity index (χ2v) is 9.83. The molecular weight excluding hydrogens is 300 g/mol. The van der Waals surface area contributed by atoms with Crippen molar-refractivity contribution in [1.29, 1.82) is 0 Å². The van der Waals surface area contributed by atoms with Crippen LogP contribution in [-0.4, -0.2) is 72.5 Å². The van der Waals surface area contributed by atoms with Crippen molar-refractivity contribution in [3.8, 4) is 0 Å². The predicted molar refractivity (Wildman–Crippen MR) is 101 cm³/mol. The molecule has 0 radical (unpaired) electrons. The normalized spacial score (nSPS) is 28.6. The molecule has 4 heteroatoms. The average molecular weight is 341 g/mol. The molecule has 1 aliphatic carbocycles. The molecule has 2 aliphatic rings. The Labute approximate surface area is 149 Å².